The van der Waals surface area contributed by atoms with Gasteiger partial charge in [0, 0.05) is 5.69 Å². The molecule has 0 fully saturated rings. The van der Waals surface area contributed by atoms with E-state index in [1.165, 1.54) is 11.1 Å². The second-order valence-corrected chi connectivity index (χ2v) is 5.15. The van der Waals surface area contributed by atoms with E-state index < -0.39 is 20.8 Å². The Hall–Kier alpha value is 0.760. The monoisotopic (exact) mass is 359 g/mol. The van der Waals surface area contributed by atoms with Gasteiger partial charge in [0.15, 0.2) is 0 Å². The van der Waals surface area contributed by atoms with Crippen molar-refractivity contribution < 1.29 is 93.7 Å². The maximum atomic E-state index is 9.37. The van der Waals surface area contributed by atoms with Gasteiger partial charge in [0.25, 0.3) is 0 Å². The first-order valence-electron chi connectivity index (χ1n) is 4.53. The molecule has 0 aliphatic carbocycles. The molecule has 110 valence electrons. The molecule has 0 atom stereocenters. The summed E-state index contributed by atoms with van der Waals surface area (Å²) in [5, 5.41) is 0. The number of nitrogens with two attached hydrogens (primary N) is 1. The molecule has 0 unspecified atom stereocenters. The standard InChI is InChI=1S/C8H11N.2Na.H2O8S2/c1-6-4-3-5-8(9)7(6)2;;;1-9(2,3)7-8-10(4,5)6/h3-5H,9H2,1-2H3;;;(H,1,2,3)(H,4,5,6)/q;2*+1;/p-2. The van der Waals surface area contributed by atoms with Crippen molar-refractivity contribution in [3.63, 3.8) is 0 Å². The van der Waals surface area contributed by atoms with E-state index in [-0.39, 0.29) is 59.1 Å². The molecule has 0 spiro atoms. The van der Waals surface area contributed by atoms with Crippen LogP contribution in [-0.2, 0) is 29.5 Å². The van der Waals surface area contributed by atoms with Gasteiger partial charge in [-0.15, -0.1) is 8.67 Å². The van der Waals surface area contributed by atoms with Gasteiger partial charge in [0.05, 0.1) is 0 Å². The molecule has 9 nitrogen and oxygen atoms in total. The van der Waals surface area contributed by atoms with E-state index in [0.717, 1.165) is 5.69 Å². The van der Waals surface area contributed by atoms with Crippen LogP contribution < -0.4 is 64.8 Å². The molecule has 2 N–H and O–H groups in total. The van der Waals surface area contributed by atoms with Crippen molar-refractivity contribution in [1.29, 1.82) is 0 Å². The fourth-order valence-electron chi connectivity index (χ4n) is 0.842. The minimum absolute atomic E-state index is 0. The van der Waals surface area contributed by atoms with Crippen molar-refractivity contribution in [3.05, 3.63) is 29.3 Å². The van der Waals surface area contributed by atoms with Crippen LogP contribution in [-0.4, -0.2) is 25.9 Å². The third-order valence-electron chi connectivity index (χ3n) is 1.84. The van der Waals surface area contributed by atoms with Gasteiger partial charge in [-0.05, 0) is 31.0 Å². The van der Waals surface area contributed by atoms with Crippen molar-refractivity contribution in [2.75, 3.05) is 5.73 Å². The average Bonchev–Trinajstić information content (AvgIpc) is 2.22. The van der Waals surface area contributed by atoms with Gasteiger partial charge in [-0.1, -0.05) is 12.1 Å². The zero-order valence-electron chi connectivity index (χ0n) is 11.9. The zero-order chi connectivity index (χ0) is 15.3. The predicted octanol–water partition coefficient (Wildman–Crippen LogP) is -6.25. The second kappa shape index (κ2) is 11.3. The molecule has 0 amide bonds. The van der Waals surface area contributed by atoms with Crippen LogP contribution in [0.2, 0.25) is 0 Å². The summed E-state index contributed by atoms with van der Waals surface area (Å²) in [5.74, 6) is 0. The molecular formula is C8H11NNa2O8S2. The van der Waals surface area contributed by atoms with Gasteiger partial charge in [-0.25, -0.2) is 16.8 Å². The maximum absolute atomic E-state index is 9.37. The van der Waals surface area contributed by atoms with Crippen LogP contribution in [0.3, 0.4) is 0 Å². The zero-order valence-corrected chi connectivity index (χ0v) is 17.5. The Bertz CT molecular complexity index is 579. The number of aryl methyl sites for hydroxylation is 1. The molecule has 0 aliphatic rings. The molecular weight excluding hydrogens is 348 g/mol. The number of hydrogen-bond acceptors (Lipinski definition) is 9. The number of rotatable bonds is 3. The molecule has 0 heterocycles. The van der Waals surface area contributed by atoms with Crippen molar-refractivity contribution in [2.45, 2.75) is 13.8 Å². The largest absolute Gasteiger partial charge is 1.00 e. The van der Waals surface area contributed by atoms with Crippen LogP contribution in [0.25, 0.3) is 0 Å². The Morgan fingerprint density at radius 2 is 1.33 bits per heavy atom. The van der Waals surface area contributed by atoms with Crippen molar-refractivity contribution in [2.24, 2.45) is 0 Å². The van der Waals surface area contributed by atoms with Gasteiger partial charge < -0.3 is 14.8 Å². The molecule has 0 saturated heterocycles. The van der Waals surface area contributed by atoms with Crippen LogP contribution in [0.15, 0.2) is 18.2 Å². The average molecular weight is 359 g/mol. The maximum Gasteiger partial charge on any atom is 1.00 e. The van der Waals surface area contributed by atoms with Gasteiger partial charge in [-0.3, -0.25) is 0 Å². The minimum atomic E-state index is -5.31. The van der Waals surface area contributed by atoms with Crippen molar-refractivity contribution >= 4 is 26.5 Å². The van der Waals surface area contributed by atoms with Gasteiger partial charge in [-0.2, -0.15) is 0 Å². The Morgan fingerprint density at radius 3 is 1.57 bits per heavy atom. The fourth-order valence-corrected chi connectivity index (χ4v) is 1.39. The van der Waals surface area contributed by atoms with E-state index in [0.29, 0.717) is 0 Å². The first-order valence-corrected chi connectivity index (χ1v) is 7.20. The Balaban J connectivity index is -0.000000282. The van der Waals surface area contributed by atoms with E-state index in [4.69, 9.17) is 5.73 Å². The van der Waals surface area contributed by atoms with E-state index in [1.807, 2.05) is 19.1 Å². The molecule has 0 aromatic heterocycles. The summed E-state index contributed by atoms with van der Waals surface area (Å²) < 4.78 is 61.5. The minimum Gasteiger partial charge on any atom is -0.724 e. The Labute approximate surface area is 167 Å². The van der Waals surface area contributed by atoms with E-state index in [9.17, 15) is 25.9 Å². The van der Waals surface area contributed by atoms with Crippen LogP contribution >= 0.6 is 0 Å². The fraction of sp³-hybridized carbons (Fsp3) is 0.250. The third kappa shape index (κ3) is 15.4. The predicted molar refractivity (Wildman–Crippen MR) is 61.9 cm³/mol. The van der Waals surface area contributed by atoms with Gasteiger partial charge >= 0.3 is 59.1 Å². The number of hydrogen-bond donors (Lipinski definition) is 1. The molecule has 1 aromatic carbocycles. The van der Waals surface area contributed by atoms with Crippen LogP contribution in [0.5, 0.6) is 0 Å². The molecule has 0 bridgehead atoms. The van der Waals surface area contributed by atoms with E-state index in [2.05, 4.69) is 21.7 Å². The van der Waals surface area contributed by atoms with Crippen LogP contribution in [0, 0.1) is 13.8 Å². The quantitative estimate of drug-likeness (QED) is 0.138. The summed E-state index contributed by atoms with van der Waals surface area (Å²) in [6.45, 7) is 4.09. The summed E-state index contributed by atoms with van der Waals surface area (Å²) in [4.78, 5) is 0. The number of anilines is 1. The topological polar surface area (TPSA) is 159 Å². The SMILES string of the molecule is Cc1cccc(N)c1C.O=S(=O)([O-])OOS(=O)(=O)[O-].[Na+].[Na+]. The van der Waals surface area contributed by atoms with Crippen molar-refractivity contribution in [1.82, 2.24) is 0 Å². The molecule has 13 heteroatoms. The normalized spacial score (nSPS) is 10.5. The Morgan fingerprint density at radius 1 is 0.952 bits per heavy atom. The third-order valence-corrected chi connectivity index (χ3v) is 2.40. The summed E-state index contributed by atoms with van der Waals surface area (Å²) >= 11 is 0. The van der Waals surface area contributed by atoms with E-state index >= 15 is 0 Å². The van der Waals surface area contributed by atoms with E-state index in [1.54, 1.807) is 0 Å². The van der Waals surface area contributed by atoms with Crippen LogP contribution in [0.4, 0.5) is 5.69 Å². The first-order chi connectivity index (χ1) is 8.42. The molecule has 0 radical (unpaired) electrons. The molecule has 21 heavy (non-hydrogen) atoms. The molecule has 1 aromatic rings. The van der Waals surface area contributed by atoms with Crippen molar-refractivity contribution in [3.8, 4) is 0 Å². The van der Waals surface area contributed by atoms with Crippen LogP contribution in [0.1, 0.15) is 11.1 Å². The molecule has 1 rings (SSSR count). The summed E-state index contributed by atoms with van der Waals surface area (Å²) in [6, 6.07) is 5.95. The number of benzene rings is 1. The summed E-state index contributed by atoms with van der Waals surface area (Å²) in [7, 11) is -10.6. The van der Waals surface area contributed by atoms with Gasteiger partial charge in [0.2, 0.25) is 20.8 Å². The molecule has 0 aliphatic heterocycles. The second-order valence-electron chi connectivity index (χ2n) is 3.24. The summed E-state index contributed by atoms with van der Waals surface area (Å²) in [5.41, 5.74) is 8.96. The summed E-state index contributed by atoms with van der Waals surface area (Å²) in [6.07, 6.45) is 0. The van der Waals surface area contributed by atoms with Gasteiger partial charge in [0.1, 0.15) is 0 Å². The first kappa shape index (κ1) is 26.6. The number of nitrogen functional groups attached to an aromatic ring is 1. The molecule has 0 saturated carbocycles. The Kier molecular flexibility index (Phi) is 14.4. The smallest absolute Gasteiger partial charge is 0.724 e.